The minimum absolute atomic E-state index is 0.0544. The van der Waals surface area contributed by atoms with Crippen LogP contribution >= 0.6 is 0 Å². The van der Waals surface area contributed by atoms with E-state index in [-0.39, 0.29) is 6.04 Å². The van der Waals surface area contributed by atoms with Crippen molar-refractivity contribution in [3.63, 3.8) is 0 Å². The number of hydrogen-bond donors (Lipinski definition) is 1. The fourth-order valence-corrected chi connectivity index (χ4v) is 2.63. The number of rotatable bonds is 5. The van der Waals surface area contributed by atoms with Gasteiger partial charge >= 0.3 is 6.09 Å². The maximum absolute atomic E-state index is 11.4. The van der Waals surface area contributed by atoms with Crippen LogP contribution in [0.25, 0.3) is 0 Å². The summed E-state index contributed by atoms with van der Waals surface area (Å²) < 4.78 is 0. The zero-order chi connectivity index (χ0) is 15.3. The lowest BCUT2D eigenvalue weighted by Crippen LogP contribution is -2.53. The Hall–Kier alpha value is -1.55. The summed E-state index contributed by atoms with van der Waals surface area (Å²) in [4.78, 5) is 15.1. The van der Waals surface area contributed by atoms with Crippen LogP contribution in [0.5, 0.6) is 0 Å². The third kappa shape index (κ3) is 4.85. The Kier molecular flexibility index (Phi) is 5.57. The molecule has 1 atom stereocenters. The largest absolute Gasteiger partial charge is 0.465 e. The highest BCUT2D eigenvalue weighted by Crippen LogP contribution is 2.18. The zero-order valence-electron chi connectivity index (χ0n) is 13.1. The molecule has 0 saturated heterocycles. The van der Waals surface area contributed by atoms with Crippen LogP contribution < -0.4 is 0 Å². The molecule has 0 heterocycles. The lowest BCUT2D eigenvalue weighted by molar-refractivity contribution is 0.0634. The Morgan fingerprint density at radius 2 is 1.80 bits per heavy atom. The molecule has 4 nitrogen and oxygen atoms in total. The lowest BCUT2D eigenvalue weighted by atomic mass is 10.0. The van der Waals surface area contributed by atoms with Crippen molar-refractivity contribution < 1.29 is 9.90 Å². The second kappa shape index (κ2) is 6.75. The van der Waals surface area contributed by atoms with Gasteiger partial charge in [-0.05, 0) is 40.3 Å². The molecule has 0 aliphatic rings. The van der Waals surface area contributed by atoms with Crippen LogP contribution in [-0.4, -0.2) is 46.2 Å². The molecule has 0 aromatic heterocycles. The first-order chi connectivity index (χ1) is 9.21. The third-order valence-corrected chi connectivity index (χ3v) is 3.24. The molecule has 4 heteroatoms. The molecule has 0 aliphatic carbocycles. The highest BCUT2D eigenvalue weighted by Gasteiger charge is 2.31. The first kappa shape index (κ1) is 16.5. The average Bonchev–Trinajstić information content (AvgIpc) is 2.26. The molecule has 0 fully saturated rings. The minimum atomic E-state index is -0.863. The van der Waals surface area contributed by atoms with Crippen molar-refractivity contribution >= 4 is 6.09 Å². The Bertz CT molecular complexity index is 426. The highest BCUT2D eigenvalue weighted by molar-refractivity contribution is 5.66. The van der Waals surface area contributed by atoms with Crippen molar-refractivity contribution in [1.82, 2.24) is 9.80 Å². The molecule has 20 heavy (non-hydrogen) atoms. The molecule has 0 radical (unpaired) electrons. The predicted molar refractivity (Wildman–Crippen MR) is 81.9 cm³/mol. The van der Waals surface area contributed by atoms with Crippen molar-refractivity contribution in [1.29, 1.82) is 0 Å². The lowest BCUT2D eigenvalue weighted by Gasteiger charge is -2.39. The van der Waals surface area contributed by atoms with E-state index in [0.717, 1.165) is 6.54 Å². The molecule has 0 aliphatic heterocycles. The summed E-state index contributed by atoms with van der Waals surface area (Å²) in [5, 5.41) is 9.39. The molecule has 1 unspecified atom stereocenters. The van der Waals surface area contributed by atoms with Crippen LogP contribution in [0.15, 0.2) is 30.3 Å². The number of nitrogens with zero attached hydrogens (tertiary/aromatic N) is 2. The van der Waals surface area contributed by atoms with E-state index in [9.17, 15) is 9.90 Å². The second-order valence-electron chi connectivity index (χ2n) is 6.35. The third-order valence-electron chi connectivity index (χ3n) is 3.24. The van der Waals surface area contributed by atoms with Gasteiger partial charge in [-0.1, -0.05) is 30.3 Å². The van der Waals surface area contributed by atoms with E-state index in [0.29, 0.717) is 6.54 Å². The summed E-state index contributed by atoms with van der Waals surface area (Å²) >= 11 is 0. The van der Waals surface area contributed by atoms with Crippen LogP contribution in [0.1, 0.15) is 33.3 Å². The summed E-state index contributed by atoms with van der Waals surface area (Å²) in [7, 11) is 2.02. The maximum Gasteiger partial charge on any atom is 0.408 e. The molecule has 1 aromatic rings. The topological polar surface area (TPSA) is 43.8 Å². The SMILES string of the molecule is CC(CN(C)Cc1ccccc1)N(C(=O)O)C(C)(C)C. The van der Waals surface area contributed by atoms with Crippen molar-refractivity contribution in [3.05, 3.63) is 35.9 Å². The van der Waals surface area contributed by atoms with Gasteiger partial charge < -0.3 is 10.0 Å². The molecule has 0 bridgehead atoms. The van der Waals surface area contributed by atoms with E-state index >= 15 is 0 Å². The van der Waals surface area contributed by atoms with Gasteiger partial charge in [0.05, 0.1) is 0 Å². The van der Waals surface area contributed by atoms with Gasteiger partial charge in [0.25, 0.3) is 0 Å². The van der Waals surface area contributed by atoms with Crippen LogP contribution in [0.3, 0.4) is 0 Å². The van der Waals surface area contributed by atoms with Gasteiger partial charge in [-0.3, -0.25) is 4.90 Å². The monoisotopic (exact) mass is 278 g/mol. The van der Waals surface area contributed by atoms with Gasteiger partial charge in [-0.25, -0.2) is 4.79 Å². The first-order valence-corrected chi connectivity index (χ1v) is 6.96. The Balaban J connectivity index is 2.64. The molecule has 1 amide bonds. The van der Waals surface area contributed by atoms with Crippen LogP contribution in [-0.2, 0) is 6.54 Å². The van der Waals surface area contributed by atoms with Crippen LogP contribution in [0.2, 0.25) is 0 Å². The summed E-state index contributed by atoms with van der Waals surface area (Å²) in [5.41, 5.74) is 0.846. The number of hydrogen-bond acceptors (Lipinski definition) is 2. The van der Waals surface area contributed by atoms with Gasteiger partial charge in [0.1, 0.15) is 0 Å². The standard InChI is InChI=1S/C16H26N2O2/c1-13(18(15(19)20)16(2,3)4)11-17(5)12-14-9-7-6-8-10-14/h6-10,13H,11-12H2,1-5H3,(H,19,20). The zero-order valence-corrected chi connectivity index (χ0v) is 13.1. The number of amides is 1. The maximum atomic E-state index is 11.4. The Morgan fingerprint density at radius 3 is 2.25 bits per heavy atom. The van der Waals surface area contributed by atoms with Gasteiger partial charge in [-0.2, -0.15) is 0 Å². The van der Waals surface area contributed by atoms with Crippen molar-refractivity contribution in [2.45, 2.75) is 45.8 Å². The first-order valence-electron chi connectivity index (χ1n) is 6.96. The van der Waals surface area contributed by atoms with E-state index < -0.39 is 11.6 Å². The number of carbonyl (C=O) groups is 1. The summed E-state index contributed by atoms with van der Waals surface area (Å²) in [6, 6.07) is 10.1. The second-order valence-corrected chi connectivity index (χ2v) is 6.35. The van der Waals surface area contributed by atoms with Crippen molar-refractivity contribution in [2.24, 2.45) is 0 Å². The summed E-state index contributed by atoms with van der Waals surface area (Å²) in [6.45, 7) is 9.26. The van der Waals surface area contributed by atoms with Crippen LogP contribution in [0, 0.1) is 0 Å². The fourth-order valence-electron chi connectivity index (χ4n) is 2.63. The van der Waals surface area contributed by atoms with E-state index in [1.165, 1.54) is 10.5 Å². The molecular weight excluding hydrogens is 252 g/mol. The normalized spacial score (nSPS) is 13.3. The minimum Gasteiger partial charge on any atom is -0.465 e. The van der Waals surface area contributed by atoms with E-state index in [1.807, 2.05) is 52.9 Å². The molecule has 1 N–H and O–H groups in total. The Labute approximate surface area is 122 Å². The summed E-state index contributed by atoms with van der Waals surface area (Å²) in [5.74, 6) is 0. The fraction of sp³-hybridized carbons (Fsp3) is 0.562. The van der Waals surface area contributed by atoms with Gasteiger partial charge in [0.2, 0.25) is 0 Å². The van der Waals surface area contributed by atoms with Gasteiger partial charge in [-0.15, -0.1) is 0 Å². The number of benzene rings is 1. The van der Waals surface area contributed by atoms with Gasteiger partial charge in [0, 0.05) is 24.7 Å². The quantitative estimate of drug-likeness (QED) is 0.899. The molecule has 112 valence electrons. The van der Waals surface area contributed by atoms with E-state index in [1.54, 1.807) is 0 Å². The molecule has 1 aromatic carbocycles. The van der Waals surface area contributed by atoms with Crippen LogP contribution in [0.4, 0.5) is 4.79 Å². The smallest absolute Gasteiger partial charge is 0.408 e. The van der Waals surface area contributed by atoms with E-state index in [2.05, 4.69) is 17.0 Å². The molecule has 1 rings (SSSR count). The summed E-state index contributed by atoms with van der Waals surface area (Å²) in [6.07, 6.45) is -0.863. The molecular formula is C16H26N2O2. The predicted octanol–water partition coefficient (Wildman–Crippen LogP) is 3.29. The number of carboxylic acid groups (broad SMARTS) is 1. The molecule has 0 spiro atoms. The highest BCUT2D eigenvalue weighted by atomic mass is 16.4. The van der Waals surface area contributed by atoms with Gasteiger partial charge in [0.15, 0.2) is 0 Å². The van der Waals surface area contributed by atoms with E-state index in [4.69, 9.17) is 0 Å². The Morgan fingerprint density at radius 1 is 1.25 bits per heavy atom. The van der Waals surface area contributed by atoms with Crippen molar-refractivity contribution in [2.75, 3.05) is 13.6 Å². The molecule has 0 saturated carbocycles. The average molecular weight is 278 g/mol. The number of likely N-dealkylation sites (N-methyl/N-ethyl adjacent to an activating group) is 1. The van der Waals surface area contributed by atoms with Crippen molar-refractivity contribution in [3.8, 4) is 0 Å².